The molecule has 2 aliphatic rings. The van der Waals surface area contributed by atoms with E-state index in [0.29, 0.717) is 0 Å². The predicted molar refractivity (Wildman–Crippen MR) is 75.3 cm³/mol. The summed E-state index contributed by atoms with van der Waals surface area (Å²) in [7, 11) is 0. The Morgan fingerprint density at radius 3 is 2.47 bits per heavy atom. The van der Waals surface area contributed by atoms with Crippen molar-refractivity contribution in [3.8, 4) is 0 Å². The van der Waals surface area contributed by atoms with Gasteiger partial charge >= 0.3 is 0 Å². The SMILES string of the molecule is C[C@@H]1CCCN1[C@H]1C[C@H](c2ccc(Br)cc2)C1. The summed E-state index contributed by atoms with van der Waals surface area (Å²) in [6, 6.07) is 10.6. The Labute approximate surface area is 112 Å². The van der Waals surface area contributed by atoms with Crippen LogP contribution in [0.4, 0.5) is 0 Å². The molecule has 1 aliphatic heterocycles. The lowest BCUT2D eigenvalue weighted by molar-refractivity contribution is 0.103. The Bertz CT molecular complexity index is 380. The van der Waals surface area contributed by atoms with Gasteiger partial charge in [-0.1, -0.05) is 28.1 Å². The van der Waals surface area contributed by atoms with Crippen LogP contribution in [0.2, 0.25) is 0 Å². The minimum Gasteiger partial charge on any atom is -0.298 e. The molecular weight excluding hydrogens is 274 g/mol. The van der Waals surface area contributed by atoms with Crippen molar-refractivity contribution in [2.24, 2.45) is 0 Å². The maximum Gasteiger partial charge on any atom is 0.0175 e. The van der Waals surface area contributed by atoms with Crippen molar-refractivity contribution in [2.75, 3.05) is 6.54 Å². The van der Waals surface area contributed by atoms with Crippen LogP contribution in [0, 0.1) is 0 Å². The molecule has 1 aromatic carbocycles. The minimum absolute atomic E-state index is 0.806. The molecule has 17 heavy (non-hydrogen) atoms. The highest BCUT2D eigenvalue weighted by molar-refractivity contribution is 9.10. The summed E-state index contributed by atoms with van der Waals surface area (Å²) in [6.07, 6.45) is 5.54. The fraction of sp³-hybridized carbons (Fsp3) is 0.600. The Morgan fingerprint density at radius 2 is 1.88 bits per heavy atom. The number of benzene rings is 1. The Morgan fingerprint density at radius 1 is 1.18 bits per heavy atom. The molecule has 0 N–H and O–H groups in total. The molecule has 0 unspecified atom stereocenters. The number of nitrogens with zero attached hydrogens (tertiary/aromatic N) is 1. The number of likely N-dealkylation sites (tertiary alicyclic amines) is 1. The summed E-state index contributed by atoms with van der Waals surface area (Å²) in [6.45, 7) is 3.72. The molecule has 0 radical (unpaired) electrons. The smallest absolute Gasteiger partial charge is 0.0175 e. The summed E-state index contributed by atoms with van der Waals surface area (Å²) in [5.74, 6) is 0.806. The average Bonchev–Trinajstić information content (AvgIpc) is 2.66. The standard InChI is InChI=1S/C15H20BrN/c1-11-3-2-8-17(11)15-9-13(10-15)12-4-6-14(16)7-5-12/h4-7,11,13,15H,2-3,8-10H2,1H3/t11-,13-,15-/m1/s1. The van der Waals surface area contributed by atoms with E-state index in [9.17, 15) is 0 Å². The molecule has 1 saturated heterocycles. The third-order valence-electron chi connectivity index (χ3n) is 4.53. The second-order valence-corrected chi connectivity index (χ2v) is 6.52. The second kappa shape index (κ2) is 4.74. The van der Waals surface area contributed by atoms with Gasteiger partial charge in [0.1, 0.15) is 0 Å². The number of hydrogen-bond donors (Lipinski definition) is 0. The third-order valence-corrected chi connectivity index (χ3v) is 5.06. The van der Waals surface area contributed by atoms with Crippen molar-refractivity contribution in [3.05, 3.63) is 34.3 Å². The van der Waals surface area contributed by atoms with E-state index in [1.165, 1.54) is 42.3 Å². The van der Waals surface area contributed by atoms with Gasteiger partial charge in [-0.25, -0.2) is 0 Å². The molecule has 0 amide bonds. The fourth-order valence-electron chi connectivity index (χ4n) is 3.36. The number of hydrogen-bond acceptors (Lipinski definition) is 1. The van der Waals surface area contributed by atoms with Crippen molar-refractivity contribution in [3.63, 3.8) is 0 Å². The van der Waals surface area contributed by atoms with Crippen LogP contribution in [0.5, 0.6) is 0 Å². The summed E-state index contributed by atoms with van der Waals surface area (Å²) >= 11 is 3.50. The Kier molecular flexibility index (Phi) is 3.27. The lowest BCUT2D eigenvalue weighted by Crippen LogP contribution is -2.45. The first-order valence-corrected chi connectivity index (χ1v) is 7.54. The van der Waals surface area contributed by atoms with Gasteiger partial charge in [0.2, 0.25) is 0 Å². The summed E-state index contributed by atoms with van der Waals surface area (Å²) in [5, 5.41) is 0. The van der Waals surface area contributed by atoms with Gasteiger partial charge in [0.25, 0.3) is 0 Å². The molecule has 0 spiro atoms. The third kappa shape index (κ3) is 2.30. The Hall–Kier alpha value is -0.340. The molecule has 3 rings (SSSR count). The van der Waals surface area contributed by atoms with Crippen LogP contribution in [0.1, 0.15) is 44.1 Å². The summed E-state index contributed by atoms with van der Waals surface area (Å²) in [4.78, 5) is 2.73. The first-order chi connectivity index (χ1) is 8.24. The summed E-state index contributed by atoms with van der Waals surface area (Å²) < 4.78 is 1.19. The van der Waals surface area contributed by atoms with Crippen LogP contribution in [-0.2, 0) is 0 Å². The van der Waals surface area contributed by atoms with E-state index in [4.69, 9.17) is 0 Å². The van der Waals surface area contributed by atoms with Crippen LogP contribution in [0.15, 0.2) is 28.7 Å². The van der Waals surface area contributed by atoms with Gasteiger partial charge in [0.05, 0.1) is 0 Å². The van der Waals surface area contributed by atoms with Crippen molar-refractivity contribution < 1.29 is 0 Å². The summed E-state index contributed by atoms with van der Waals surface area (Å²) in [5.41, 5.74) is 1.52. The van der Waals surface area contributed by atoms with Gasteiger partial charge in [0.15, 0.2) is 0 Å². The van der Waals surface area contributed by atoms with Gasteiger partial charge in [-0.15, -0.1) is 0 Å². The topological polar surface area (TPSA) is 3.24 Å². The average molecular weight is 294 g/mol. The lowest BCUT2D eigenvalue weighted by atomic mass is 9.75. The molecule has 1 heterocycles. The van der Waals surface area contributed by atoms with Crippen molar-refractivity contribution in [1.29, 1.82) is 0 Å². The largest absolute Gasteiger partial charge is 0.298 e. The predicted octanol–water partition coefficient (Wildman–Crippen LogP) is 4.18. The molecular formula is C15H20BrN. The zero-order valence-electron chi connectivity index (χ0n) is 10.4. The zero-order chi connectivity index (χ0) is 11.8. The van der Waals surface area contributed by atoms with Crippen molar-refractivity contribution >= 4 is 15.9 Å². The van der Waals surface area contributed by atoms with Crippen molar-refractivity contribution in [2.45, 2.75) is 50.6 Å². The van der Waals surface area contributed by atoms with Crippen LogP contribution in [0.3, 0.4) is 0 Å². The minimum atomic E-state index is 0.806. The first-order valence-electron chi connectivity index (χ1n) is 6.75. The maximum absolute atomic E-state index is 3.50. The van der Waals surface area contributed by atoms with Gasteiger partial charge in [-0.05, 0) is 62.8 Å². The number of rotatable bonds is 2. The second-order valence-electron chi connectivity index (χ2n) is 5.60. The van der Waals surface area contributed by atoms with E-state index in [0.717, 1.165) is 18.0 Å². The molecule has 0 bridgehead atoms. The molecule has 1 aliphatic carbocycles. The quantitative estimate of drug-likeness (QED) is 0.791. The molecule has 1 atom stereocenters. The molecule has 2 heteroatoms. The highest BCUT2D eigenvalue weighted by atomic mass is 79.9. The van der Waals surface area contributed by atoms with Crippen molar-refractivity contribution in [1.82, 2.24) is 4.90 Å². The van der Waals surface area contributed by atoms with Crippen LogP contribution < -0.4 is 0 Å². The van der Waals surface area contributed by atoms with Crippen LogP contribution in [-0.4, -0.2) is 23.5 Å². The van der Waals surface area contributed by atoms with Crippen LogP contribution >= 0.6 is 15.9 Å². The van der Waals surface area contributed by atoms with E-state index in [1.54, 1.807) is 0 Å². The maximum atomic E-state index is 3.50. The van der Waals surface area contributed by atoms with Gasteiger partial charge in [0, 0.05) is 16.6 Å². The normalized spacial score (nSPS) is 33.6. The van der Waals surface area contributed by atoms with Gasteiger partial charge in [-0.3, -0.25) is 4.90 Å². The highest BCUT2D eigenvalue weighted by Crippen LogP contribution is 2.42. The fourth-order valence-corrected chi connectivity index (χ4v) is 3.63. The van der Waals surface area contributed by atoms with E-state index in [-0.39, 0.29) is 0 Å². The number of halogens is 1. The van der Waals surface area contributed by atoms with Gasteiger partial charge in [-0.2, -0.15) is 0 Å². The van der Waals surface area contributed by atoms with E-state index in [1.807, 2.05) is 0 Å². The zero-order valence-corrected chi connectivity index (χ0v) is 12.0. The lowest BCUT2D eigenvalue weighted by Gasteiger charge is -2.43. The molecule has 0 aromatic heterocycles. The van der Waals surface area contributed by atoms with Gasteiger partial charge < -0.3 is 0 Å². The van der Waals surface area contributed by atoms with E-state index >= 15 is 0 Å². The highest BCUT2D eigenvalue weighted by Gasteiger charge is 2.37. The Balaban J connectivity index is 1.59. The molecule has 2 fully saturated rings. The van der Waals surface area contributed by atoms with E-state index < -0.39 is 0 Å². The van der Waals surface area contributed by atoms with E-state index in [2.05, 4.69) is 52.0 Å². The molecule has 1 aromatic rings. The molecule has 1 nitrogen and oxygen atoms in total. The first kappa shape index (κ1) is 11.7. The molecule has 1 saturated carbocycles. The van der Waals surface area contributed by atoms with Crippen LogP contribution in [0.25, 0.3) is 0 Å². The monoisotopic (exact) mass is 293 g/mol. The molecule has 92 valence electrons.